The van der Waals surface area contributed by atoms with Crippen LogP contribution in [0.3, 0.4) is 0 Å². The molecular formula is C21H23F3N2O2. The summed E-state index contributed by atoms with van der Waals surface area (Å²) >= 11 is 0. The third-order valence-electron chi connectivity index (χ3n) is 4.57. The highest BCUT2D eigenvalue weighted by Crippen LogP contribution is 2.41. The summed E-state index contributed by atoms with van der Waals surface area (Å²) in [5, 5.41) is 0. The van der Waals surface area contributed by atoms with E-state index >= 15 is 0 Å². The molecule has 0 radical (unpaired) electrons. The van der Waals surface area contributed by atoms with Gasteiger partial charge >= 0.3 is 12.3 Å². The van der Waals surface area contributed by atoms with Crippen LogP contribution in [0.15, 0.2) is 42.6 Å². The second-order valence-electron chi connectivity index (χ2n) is 7.82. The van der Waals surface area contributed by atoms with Crippen molar-refractivity contribution in [3.05, 3.63) is 53.7 Å². The lowest BCUT2D eigenvalue weighted by molar-refractivity contribution is -0.137. The van der Waals surface area contributed by atoms with E-state index in [2.05, 4.69) is 4.98 Å². The summed E-state index contributed by atoms with van der Waals surface area (Å²) in [6.07, 6.45) is -2.21. The number of amides is 1. The number of hydrogen-bond donors (Lipinski definition) is 0. The molecule has 0 aliphatic carbocycles. The standard InChI is InChI=1S/C21H23F3N2O2/c1-20(2,3)28-19(27)26-13-7-11-17(26)14-8-4-5-9-15(14)18-16(21(22,23)24)10-6-12-25-18/h4-6,8-10,12,17H,7,11,13H2,1-3H3/t17-/m0/s1. The molecule has 1 aromatic carbocycles. The Morgan fingerprint density at radius 2 is 1.86 bits per heavy atom. The largest absolute Gasteiger partial charge is 0.444 e. The molecule has 1 aromatic heterocycles. The highest BCUT2D eigenvalue weighted by atomic mass is 19.4. The van der Waals surface area contributed by atoms with Gasteiger partial charge in [-0.15, -0.1) is 0 Å². The van der Waals surface area contributed by atoms with Crippen molar-refractivity contribution in [2.45, 2.75) is 51.4 Å². The number of carbonyl (C=O) groups is 1. The minimum Gasteiger partial charge on any atom is -0.444 e. The maximum atomic E-state index is 13.5. The molecule has 1 aliphatic rings. The molecule has 150 valence electrons. The summed E-state index contributed by atoms with van der Waals surface area (Å²) in [5.74, 6) is 0. The van der Waals surface area contributed by atoms with E-state index in [0.29, 0.717) is 24.1 Å². The van der Waals surface area contributed by atoms with Crippen molar-refractivity contribution in [1.82, 2.24) is 9.88 Å². The number of halogens is 3. The Morgan fingerprint density at radius 3 is 2.54 bits per heavy atom. The van der Waals surface area contributed by atoms with Crippen LogP contribution in [-0.4, -0.2) is 28.1 Å². The van der Waals surface area contributed by atoms with E-state index in [0.717, 1.165) is 12.5 Å². The van der Waals surface area contributed by atoms with E-state index in [1.165, 1.54) is 12.3 Å². The third-order valence-corrected chi connectivity index (χ3v) is 4.57. The highest BCUT2D eigenvalue weighted by molar-refractivity contribution is 5.72. The molecule has 2 aromatic rings. The van der Waals surface area contributed by atoms with E-state index < -0.39 is 23.4 Å². The van der Waals surface area contributed by atoms with Crippen LogP contribution in [-0.2, 0) is 10.9 Å². The van der Waals surface area contributed by atoms with Crippen molar-refractivity contribution >= 4 is 6.09 Å². The Bertz CT molecular complexity index is 859. The van der Waals surface area contributed by atoms with Gasteiger partial charge in [0.25, 0.3) is 0 Å². The zero-order valence-corrected chi connectivity index (χ0v) is 16.1. The van der Waals surface area contributed by atoms with Crippen LogP contribution in [0.4, 0.5) is 18.0 Å². The van der Waals surface area contributed by atoms with Gasteiger partial charge in [-0.25, -0.2) is 4.79 Å². The number of benzene rings is 1. The zero-order chi connectivity index (χ0) is 20.5. The van der Waals surface area contributed by atoms with Gasteiger partial charge in [-0.1, -0.05) is 24.3 Å². The van der Waals surface area contributed by atoms with Crippen molar-refractivity contribution in [2.24, 2.45) is 0 Å². The van der Waals surface area contributed by atoms with E-state index in [1.807, 2.05) is 0 Å². The van der Waals surface area contributed by atoms with Gasteiger partial charge in [0.2, 0.25) is 0 Å². The molecule has 0 unspecified atom stereocenters. The first kappa shape index (κ1) is 20.2. The predicted molar refractivity (Wildman–Crippen MR) is 99.6 cm³/mol. The molecule has 1 fully saturated rings. The van der Waals surface area contributed by atoms with Gasteiger partial charge in [-0.2, -0.15) is 13.2 Å². The molecule has 28 heavy (non-hydrogen) atoms. The number of ether oxygens (including phenoxy) is 1. The topological polar surface area (TPSA) is 42.4 Å². The van der Waals surface area contributed by atoms with Gasteiger partial charge in [0.05, 0.1) is 17.3 Å². The second-order valence-corrected chi connectivity index (χ2v) is 7.82. The highest BCUT2D eigenvalue weighted by Gasteiger charge is 2.37. The molecule has 1 saturated heterocycles. The normalized spacial score (nSPS) is 17.6. The fourth-order valence-corrected chi connectivity index (χ4v) is 3.48. The minimum absolute atomic E-state index is 0.123. The lowest BCUT2D eigenvalue weighted by Crippen LogP contribution is -2.36. The van der Waals surface area contributed by atoms with Gasteiger partial charge in [0.15, 0.2) is 0 Å². The summed E-state index contributed by atoms with van der Waals surface area (Å²) in [6.45, 7) is 5.86. The van der Waals surface area contributed by atoms with E-state index in [1.54, 1.807) is 49.9 Å². The summed E-state index contributed by atoms with van der Waals surface area (Å²) in [6, 6.07) is 8.78. The van der Waals surface area contributed by atoms with Gasteiger partial charge in [-0.3, -0.25) is 4.98 Å². The average molecular weight is 392 g/mol. The Balaban J connectivity index is 2.03. The van der Waals surface area contributed by atoms with E-state index in [-0.39, 0.29) is 11.7 Å². The molecule has 4 nitrogen and oxygen atoms in total. The molecule has 0 bridgehead atoms. The maximum Gasteiger partial charge on any atom is 0.418 e. The first-order chi connectivity index (χ1) is 13.1. The number of nitrogens with zero attached hydrogens (tertiary/aromatic N) is 2. The van der Waals surface area contributed by atoms with Crippen molar-refractivity contribution in [3.8, 4) is 11.3 Å². The number of pyridine rings is 1. The van der Waals surface area contributed by atoms with Gasteiger partial charge in [0, 0.05) is 18.3 Å². The van der Waals surface area contributed by atoms with Gasteiger partial charge < -0.3 is 9.64 Å². The number of aromatic nitrogens is 1. The molecule has 1 atom stereocenters. The number of hydrogen-bond acceptors (Lipinski definition) is 3. The molecular weight excluding hydrogens is 369 g/mol. The number of likely N-dealkylation sites (tertiary alicyclic amines) is 1. The Labute approximate surface area is 162 Å². The molecule has 3 rings (SSSR count). The van der Waals surface area contributed by atoms with Gasteiger partial charge in [0.1, 0.15) is 5.60 Å². The monoisotopic (exact) mass is 392 g/mol. The van der Waals surface area contributed by atoms with Crippen molar-refractivity contribution in [1.29, 1.82) is 0 Å². The van der Waals surface area contributed by atoms with Crippen LogP contribution in [0.2, 0.25) is 0 Å². The molecule has 1 aliphatic heterocycles. The molecule has 0 spiro atoms. The number of carbonyl (C=O) groups excluding carboxylic acids is 1. The fourth-order valence-electron chi connectivity index (χ4n) is 3.48. The van der Waals surface area contributed by atoms with Gasteiger partial charge in [-0.05, 0) is 51.3 Å². The smallest absolute Gasteiger partial charge is 0.418 e. The summed E-state index contributed by atoms with van der Waals surface area (Å²) in [5.41, 5.74) is -0.523. The molecule has 2 heterocycles. The maximum absolute atomic E-state index is 13.5. The van der Waals surface area contributed by atoms with Crippen LogP contribution in [0.1, 0.15) is 50.8 Å². The Morgan fingerprint density at radius 1 is 1.14 bits per heavy atom. The average Bonchev–Trinajstić information content (AvgIpc) is 3.09. The Kier molecular flexibility index (Phi) is 5.37. The summed E-state index contributed by atoms with van der Waals surface area (Å²) in [4.78, 5) is 18.2. The summed E-state index contributed by atoms with van der Waals surface area (Å²) in [7, 11) is 0. The fraction of sp³-hybridized carbons (Fsp3) is 0.429. The Hall–Kier alpha value is -2.57. The number of rotatable bonds is 2. The van der Waals surface area contributed by atoms with Crippen LogP contribution in [0, 0.1) is 0 Å². The molecule has 0 saturated carbocycles. The van der Waals surface area contributed by atoms with Crippen molar-refractivity contribution < 1.29 is 22.7 Å². The molecule has 0 N–H and O–H groups in total. The van der Waals surface area contributed by atoms with E-state index in [4.69, 9.17) is 4.74 Å². The number of alkyl halides is 3. The van der Waals surface area contributed by atoms with Crippen LogP contribution in [0.5, 0.6) is 0 Å². The quantitative estimate of drug-likeness (QED) is 0.645. The van der Waals surface area contributed by atoms with E-state index in [9.17, 15) is 18.0 Å². The van der Waals surface area contributed by atoms with Crippen molar-refractivity contribution in [2.75, 3.05) is 6.54 Å². The third kappa shape index (κ3) is 4.29. The molecule has 1 amide bonds. The van der Waals surface area contributed by atoms with Crippen LogP contribution < -0.4 is 0 Å². The first-order valence-electron chi connectivity index (χ1n) is 9.19. The molecule has 7 heteroatoms. The summed E-state index contributed by atoms with van der Waals surface area (Å²) < 4.78 is 46.0. The minimum atomic E-state index is -4.52. The second kappa shape index (κ2) is 7.45. The zero-order valence-electron chi connectivity index (χ0n) is 16.1. The van der Waals surface area contributed by atoms with Crippen LogP contribution in [0.25, 0.3) is 11.3 Å². The lowest BCUT2D eigenvalue weighted by atomic mass is 9.94. The SMILES string of the molecule is CC(C)(C)OC(=O)N1CCC[C@H]1c1ccccc1-c1ncccc1C(F)(F)F. The lowest BCUT2D eigenvalue weighted by Gasteiger charge is -2.30. The first-order valence-corrected chi connectivity index (χ1v) is 9.19. The predicted octanol–water partition coefficient (Wildman–Crippen LogP) is 5.84. The van der Waals surface area contributed by atoms with Crippen molar-refractivity contribution in [3.63, 3.8) is 0 Å². The van der Waals surface area contributed by atoms with Crippen LogP contribution >= 0.6 is 0 Å².